The summed E-state index contributed by atoms with van der Waals surface area (Å²) in [6.07, 6.45) is 0. The Morgan fingerprint density at radius 1 is 1.12 bits per heavy atom. The van der Waals surface area contributed by atoms with Gasteiger partial charge in [-0.25, -0.2) is 8.42 Å². The number of hydrogen-bond donors (Lipinski definition) is 1. The Hall–Kier alpha value is -1.42. The lowest BCUT2D eigenvalue weighted by Crippen LogP contribution is -2.51. The standard InChI is InChI=1S/C16H22N2O5S2/c1-13(20)14-2-4-15(5-3-14)25(22,23)18-8-6-17(7-9-18)16(21)12-24-11-10-19/h2-5,19H,6-12H2,1H3. The third-order valence-corrected chi connectivity index (χ3v) is 6.79. The van der Waals surface area contributed by atoms with Gasteiger partial charge in [-0.3, -0.25) is 9.59 Å². The van der Waals surface area contributed by atoms with Gasteiger partial charge in [0.1, 0.15) is 0 Å². The van der Waals surface area contributed by atoms with Crippen LogP contribution in [0, 0.1) is 0 Å². The van der Waals surface area contributed by atoms with Crippen LogP contribution in [0.3, 0.4) is 0 Å². The molecule has 0 atom stereocenters. The van der Waals surface area contributed by atoms with E-state index in [1.54, 1.807) is 4.90 Å². The summed E-state index contributed by atoms with van der Waals surface area (Å²) in [4.78, 5) is 25.1. The minimum atomic E-state index is -3.63. The van der Waals surface area contributed by atoms with Crippen molar-refractivity contribution in [3.63, 3.8) is 0 Å². The Morgan fingerprint density at radius 3 is 2.24 bits per heavy atom. The molecule has 1 aliphatic heterocycles. The first kappa shape index (κ1) is 19.9. The zero-order valence-corrected chi connectivity index (χ0v) is 15.7. The number of rotatable bonds is 7. The maximum Gasteiger partial charge on any atom is 0.243 e. The largest absolute Gasteiger partial charge is 0.396 e. The van der Waals surface area contributed by atoms with Gasteiger partial charge in [0.15, 0.2) is 5.78 Å². The lowest BCUT2D eigenvalue weighted by molar-refractivity contribution is -0.129. The average Bonchev–Trinajstić information content (AvgIpc) is 2.62. The lowest BCUT2D eigenvalue weighted by Gasteiger charge is -2.34. The molecule has 0 spiro atoms. The highest BCUT2D eigenvalue weighted by Crippen LogP contribution is 2.19. The number of carbonyl (C=O) groups is 2. The van der Waals surface area contributed by atoms with Gasteiger partial charge >= 0.3 is 0 Å². The molecule has 0 unspecified atom stereocenters. The van der Waals surface area contributed by atoms with Gasteiger partial charge in [0.25, 0.3) is 0 Å². The van der Waals surface area contributed by atoms with Crippen LogP contribution in [0.15, 0.2) is 29.2 Å². The van der Waals surface area contributed by atoms with E-state index in [0.717, 1.165) is 0 Å². The highest BCUT2D eigenvalue weighted by Gasteiger charge is 2.30. The van der Waals surface area contributed by atoms with Crippen molar-refractivity contribution in [2.24, 2.45) is 0 Å². The second-order valence-electron chi connectivity index (χ2n) is 5.64. The third kappa shape index (κ3) is 5.04. The van der Waals surface area contributed by atoms with Gasteiger partial charge in [0.05, 0.1) is 17.3 Å². The number of hydrogen-bond acceptors (Lipinski definition) is 6. The molecule has 1 fully saturated rings. The summed E-state index contributed by atoms with van der Waals surface area (Å²) in [6.45, 7) is 2.65. The van der Waals surface area contributed by atoms with E-state index in [-0.39, 0.29) is 36.3 Å². The number of carbonyl (C=O) groups excluding carboxylic acids is 2. The molecule has 1 aliphatic rings. The molecule has 1 aromatic rings. The number of nitrogens with zero attached hydrogens (tertiary/aromatic N) is 2. The van der Waals surface area contributed by atoms with E-state index in [9.17, 15) is 18.0 Å². The van der Waals surface area contributed by atoms with Gasteiger partial charge in [-0.05, 0) is 19.1 Å². The van der Waals surface area contributed by atoms with E-state index in [4.69, 9.17) is 5.11 Å². The zero-order chi connectivity index (χ0) is 18.4. The molecular formula is C16H22N2O5S2. The number of benzene rings is 1. The summed E-state index contributed by atoms with van der Waals surface area (Å²) in [5, 5.41) is 8.73. The highest BCUT2D eigenvalue weighted by molar-refractivity contribution is 7.99. The minimum absolute atomic E-state index is 0.0341. The Labute approximate surface area is 152 Å². The summed E-state index contributed by atoms with van der Waals surface area (Å²) in [5.74, 6) is 0.646. The number of aliphatic hydroxyl groups is 1. The second kappa shape index (κ2) is 8.79. The smallest absolute Gasteiger partial charge is 0.243 e. The molecule has 1 N–H and O–H groups in total. The van der Waals surface area contributed by atoms with E-state index >= 15 is 0 Å². The SMILES string of the molecule is CC(=O)c1ccc(S(=O)(=O)N2CCN(C(=O)CSCCO)CC2)cc1. The van der Waals surface area contributed by atoms with Crippen LogP contribution in [0.4, 0.5) is 0 Å². The molecule has 9 heteroatoms. The zero-order valence-electron chi connectivity index (χ0n) is 14.1. The predicted octanol–water partition coefficient (Wildman–Crippen LogP) is 0.448. The molecule has 138 valence electrons. The number of ketones is 1. The fourth-order valence-electron chi connectivity index (χ4n) is 2.50. The molecule has 1 aromatic carbocycles. The van der Waals surface area contributed by atoms with Crippen molar-refractivity contribution < 1.29 is 23.1 Å². The Balaban J connectivity index is 1.96. The topological polar surface area (TPSA) is 95.0 Å². The normalized spacial score (nSPS) is 16.0. The van der Waals surface area contributed by atoms with E-state index in [1.807, 2.05) is 0 Å². The number of amides is 1. The molecule has 1 saturated heterocycles. The molecule has 0 bridgehead atoms. The van der Waals surface area contributed by atoms with E-state index in [1.165, 1.54) is 47.3 Å². The summed E-state index contributed by atoms with van der Waals surface area (Å²) in [6, 6.07) is 5.89. The van der Waals surface area contributed by atoms with Gasteiger partial charge in [-0.2, -0.15) is 4.31 Å². The van der Waals surface area contributed by atoms with Crippen molar-refractivity contribution in [2.45, 2.75) is 11.8 Å². The van der Waals surface area contributed by atoms with Crippen molar-refractivity contribution >= 4 is 33.5 Å². The first-order chi connectivity index (χ1) is 11.9. The number of aliphatic hydroxyl groups excluding tert-OH is 1. The second-order valence-corrected chi connectivity index (χ2v) is 8.68. The molecule has 0 aliphatic carbocycles. The first-order valence-corrected chi connectivity index (χ1v) is 10.5. The van der Waals surface area contributed by atoms with Gasteiger partial charge in [0.2, 0.25) is 15.9 Å². The molecule has 1 heterocycles. The fraction of sp³-hybridized carbons (Fsp3) is 0.500. The van der Waals surface area contributed by atoms with Crippen molar-refractivity contribution in [2.75, 3.05) is 44.3 Å². The molecule has 0 aromatic heterocycles. The predicted molar refractivity (Wildman–Crippen MR) is 96.2 cm³/mol. The number of thioether (sulfide) groups is 1. The van der Waals surface area contributed by atoms with E-state index < -0.39 is 10.0 Å². The van der Waals surface area contributed by atoms with Crippen LogP contribution in [0.5, 0.6) is 0 Å². The van der Waals surface area contributed by atoms with Crippen LogP contribution >= 0.6 is 11.8 Å². The van der Waals surface area contributed by atoms with Crippen LogP contribution in [0.1, 0.15) is 17.3 Å². The molecule has 0 radical (unpaired) electrons. The van der Waals surface area contributed by atoms with Gasteiger partial charge in [0, 0.05) is 37.5 Å². The summed E-state index contributed by atoms with van der Waals surface area (Å²) < 4.78 is 26.7. The minimum Gasteiger partial charge on any atom is -0.396 e. The van der Waals surface area contributed by atoms with Gasteiger partial charge in [-0.1, -0.05) is 12.1 Å². The van der Waals surface area contributed by atoms with Crippen molar-refractivity contribution in [1.82, 2.24) is 9.21 Å². The summed E-state index contributed by atoms with van der Waals surface area (Å²) in [5.41, 5.74) is 0.467. The molecule has 2 rings (SSSR count). The molecule has 7 nitrogen and oxygen atoms in total. The van der Waals surface area contributed by atoms with Crippen molar-refractivity contribution in [3.05, 3.63) is 29.8 Å². The summed E-state index contributed by atoms with van der Waals surface area (Å²) >= 11 is 1.36. The van der Waals surface area contributed by atoms with E-state index in [2.05, 4.69) is 0 Å². The lowest BCUT2D eigenvalue weighted by atomic mass is 10.2. The summed E-state index contributed by atoms with van der Waals surface area (Å²) in [7, 11) is -3.63. The molecular weight excluding hydrogens is 364 g/mol. The van der Waals surface area contributed by atoms with Gasteiger partial charge < -0.3 is 10.0 Å². The van der Waals surface area contributed by atoms with Crippen molar-refractivity contribution in [3.8, 4) is 0 Å². The third-order valence-electron chi connectivity index (χ3n) is 3.95. The maximum atomic E-state index is 12.7. The van der Waals surface area contributed by atoms with Crippen LogP contribution in [0.25, 0.3) is 0 Å². The molecule has 0 saturated carbocycles. The number of piperazine rings is 1. The maximum absolute atomic E-state index is 12.7. The van der Waals surface area contributed by atoms with Crippen LogP contribution in [-0.4, -0.2) is 78.7 Å². The average molecular weight is 386 g/mol. The fourth-order valence-corrected chi connectivity index (χ4v) is 4.56. The monoisotopic (exact) mass is 386 g/mol. The van der Waals surface area contributed by atoms with Crippen LogP contribution < -0.4 is 0 Å². The Morgan fingerprint density at radius 2 is 1.72 bits per heavy atom. The molecule has 25 heavy (non-hydrogen) atoms. The first-order valence-electron chi connectivity index (χ1n) is 7.94. The van der Waals surface area contributed by atoms with Crippen molar-refractivity contribution in [1.29, 1.82) is 0 Å². The number of Topliss-reactive ketones (excluding diaryl/α,β-unsaturated/α-hetero) is 1. The van der Waals surface area contributed by atoms with Crippen LogP contribution in [0.2, 0.25) is 0 Å². The van der Waals surface area contributed by atoms with Gasteiger partial charge in [-0.15, -0.1) is 11.8 Å². The van der Waals surface area contributed by atoms with Crippen LogP contribution in [-0.2, 0) is 14.8 Å². The van der Waals surface area contributed by atoms with E-state index in [0.29, 0.717) is 30.2 Å². The Bertz CT molecular complexity index is 711. The molecule has 1 amide bonds. The number of sulfonamides is 1. The Kier molecular flexibility index (Phi) is 7.00. The highest BCUT2D eigenvalue weighted by atomic mass is 32.2. The quantitative estimate of drug-likeness (QED) is 0.540.